The molecule has 7 heteroatoms. The van der Waals surface area contributed by atoms with E-state index in [9.17, 15) is 4.79 Å². The molecule has 0 amide bonds. The summed E-state index contributed by atoms with van der Waals surface area (Å²) in [5.41, 5.74) is 2.50. The van der Waals surface area contributed by atoms with Crippen LogP contribution in [0.1, 0.15) is 0 Å². The zero-order valence-electron chi connectivity index (χ0n) is 13.3. The van der Waals surface area contributed by atoms with Gasteiger partial charge in [-0.3, -0.25) is 14.2 Å². The van der Waals surface area contributed by atoms with Gasteiger partial charge in [0.1, 0.15) is 17.3 Å². The van der Waals surface area contributed by atoms with E-state index in [2.05, 4.69) is 20.5 Å². The van der Waals surface area contributed by atoms with Crippen LogP contribution in [-0.2, 0) is 14.1 Å². The predicted octanol–water partition coefficient (Wildman–Crippen LogP) is 2.41. The minimum absolute atomic E-state index is 0.0789. The summed E-state index contributed by atoms with van der Waals surface area (Å²) < 4.78 is 3.38. The molecule has 0 saturated carbocycles. The van der Waals surface area contributed by atoms with Crippen LogP contribution in [0.15, 0.2) is 53.5 Å². The molecule has 24 heavy (non-hydrogen) atoms. The highest BCUT2D eigenvalue weighted by atomic mass is 16.1. The van der Waals surface area contributed by atoms with Crippen LogP contribution in [0.2, 0.25) is 0 Å². The second kappa shape index (κ2) is 5.38. The van der Waals surface area contributed by atoms with Gasteiger partial charge in [0.15, 0.2) is 5.43 Å². The van der Waals surface area contributed by atoms with E-state index in [4.69, 9.17) is 0 Å². The molecule has 0 bridgehead atoms. The van der Waals surface area contributed by atoms with E-state index in [0.717, 1.165) is 17.1 Å². The summed E-state index contributed by atoms with van der Waals surface area (Å²) in [7, 11) is 3.65. The molecule has 120 valence electrons. The Hall–Kier alpha value is -3.35. The molecule has 0 aliphatic heterocycles. The minimum atomic E-state index is -0.0789. The van der Waals surface area contributed by atoms with Crippen LogP contribution >= 0.6 is 0 Å². The Labute approximate surface area is 137 Å². The summed E-state index contributed by atoms with van der Waals surface area (Å²) in [5.74, 6) is 1.38. The molecule has 1 aromatic carbocycles. The van der Waals surface area contributed by atoms with Crippen molar-refractivity contribution in [3.63, 3.8) is 0 Å². The van der Waals surface area contributed by atoms with Crippen molar-refractivity contribution in [2.75, 3.05) is 5.32 Å². The zero-order valence-corrected chi connectivity index (χ0v) is 13.3. The number of aromatic amines is 1. The maximum absolute atomic E-state index is 12.2. The van der Waals surface area contributed by atoms with Crippen LogP contribution in [0, 0.1) is 0 Å². The van der Waals surface area contributed by atoms with Crippen molar-refractivity contribution in [3.05, 3.63) is 58.9 Å². The lowest BCUT2D eigenvalue weighted by Gasteiger charge is -2.06. The van der Waals surface area contributed by atoms with Gasteiger partial charge in [0, 0.05) is 31.8 Å². The number of H-pyrrole nitrogens is 1. The number of aromatic nitrogens is 5. The van der Waals surface area contributed by atoms with Gasteiger partial charge in [-0.1, -0.05) is 30.3 Å². The molecular weight excluding hydrogens is 304 g/mol. The Bertz CT molecular complexity index is 1070. The van der Waals surface area contributed by atoms with Crippen LogP contribution in [0.25, 0.3) is 22.3 Å². The fourth-order valence-electron chi connectivity index (χ4n) is 2.68. The Balaban J connectivity index is 1.72. The standard InChI is InChI=1S/C17H16N6O/c1-22-16(8-13(21-22)11-6-4-3-5-7-11)19-15-9-14(24)12-10-18-23(2)17(12)20-15/h3-10H,1-2H3,(H2,19,20,24). The molecule has 4 aromatic rings. The third-order valence-electron chi connectivity index (χ3n) is 3.94. The molecule has 0 unspecified atom stereocenters. The molecule has 4 rings (SSSR count). The van der Waals surface area contributed by atoms with E-state index < -0.39 is 0 Å². The summed E-state index contributed by atoms with van der Waals surface area (Å²) in [4.78, 5) is 15.4. The van der Waals surface area contributed by atoms with Crippen molar-refractivity contribution in [1.29, 1.82) is 0 Å². The Morgan fingerprint density at radius 2 is 1.88 bits per heavy atom. The number of benzene rings is 1. The topological polar surface area (TPSA) is 80.5 Å². The fourth-order valence-corrected chi connectivity index (χ4v) is 2.68. The first kappa shape index (κ1) is 14.3. The van der Waals surface area contributed by atoms with Crippen LogP contribution in [0.3, 0.4) is 0 Å². The van der Waals surface area contributed by atoms with Gasteiger partial charge in [0.2, 0.25) is 0 Å². The number of hydrogen-bond acceptors (Lipinski definition) is 4. The maximum atomic E-state index is 12.2. The Morgan fingerprint density at radius 1 is 1.08 bits per heavy atom. The Kier molecular flexibility index (Phi) is 3.19. The summed E-state index contributed by atoms with van der Waals surface area (Å²) in [6.45, 7) is 0. The van der Waals surface area contributed by atoms with Gasteiger partial charge < -0.3 is 10.3 Å². The number of nitrogens with one attached hydrogen (secondary N) is 2. The second-order valence-electron chi connectivity index (χ2n) is 5.61. The molecule has 2 N–H and O–H groups in total. The lowest BCUT2D eigenvalue weighted by molar-refractivity contribution is 0.777. The van der Waals surface area contributed by atoms with E-state index in [1.807, 2.05) is 43.4 Å². The molecule has 0 aliphatic carbocycles. The van der Waals surface area contributed by atoms with Gasteiger partial charge in [-0.15, -0.1) is 0 Å². The molecular formula is C17H16N6O. The average Bonchev–Trinajstić information content (AvgIpc) is 3.13. The quantitative estimate of drug-likeness (QED) is 0.607. The number of rotatable bonds is 3. The normalized spacial score (nSPS) is 11.1. The summed E-state index contributed by atoms with van der Waals surface area (Å²) in [6, 6.07) is 13.4. The van der Waals surface area contributed by atoms with E-state index >= 15 is 0 Å². The molecule has 0 radical (unpaired) electrons. The number of pyridine rings is 1. The van der Waals surface area contributed by atoms with Gasteiger partial charge >= 0.3 is 0 Å². The molecule has 0 saturated heterocycles. The second-order valence-corrected chi connectivity index (χ2v) is 5.61. The number of nitrogens with zero attached hydrogens (tertiary/aromatic N) is 4. The predicted molar refractivity (Wildman–Crippen MR) is 93.3 cm³/mol. The number of aryl methyl sites for hydroxylation is 2. The van der Waals surface area contributed by atoms with Crippen molar-refractivity contribution < 1.29 is 0 Å². The molecule has 0 aliphatic rings. The largest absolute Gasteiger partial charge is 0.327 e. The lowest BCUT2D eigenvalue weighted by Crippen LogP contribution is -2.07. The first-order chi connectivity index (χ1) is 11.6. The van der Waals surface area contributed by atoms with Crippen LogP contribution in [0.4, 0.5) is 11.6 Å². The lowest BCUT2D eigenvalue weighted by atomic mass is 10.2. The number of hydrogen-bond donors (Lipinski definition) is 2. The first-order valence-electron chi connectivity index (χ1n) is 7.53. The summed E-state index contributed by atoms with van der Waals surface area (Å²) in [6.07, 6.45) is 1.57. The third-order valence-corrected chi connectivity index (χ3v) is 3.94. The molecule has 3 aromatic heterocycles. The van der Waals surface area contributed by atoms with Gasteiger partial charge in [0.05, 0.1) is 17.3 Å². The number of anilines is 2. The van der Waals surface area contributed by atoms with E-state index in [1.54, 1.807) is 22.6 Å². The molecule has 0 spiro atoms. The van der Waals surface area contributed by atoms with Gasteiger partial charge in [-0.25, -0.2) is 0 Å². The van der Waals surface area contributed by atoms with Crippen molar-refractivity contribution in [2.45, 2.75) is 0 Å². The van der Waals surface area contributed by atoms with Crippen LogP contribution in [-0.4, -0.2) is 24.5 Å². The van der Waals surface area contributed by atoms with Crippen molar-refractivity contribution in [3.8, 4) is 11.3 Å². The highest BCUT2D eigenvalue weighted by Gasteiger charge is 2.10. The van der Waals surface area contributed by atoms with E-state index in [-0.39, 0.29) is 5.43 Å². The maximum Gasteiger partial charge on any atom is 0.194 e. The number of fused-ring (bicyclic) bond motifs is 1. The zero-order chi connectivity index (χ0) is 16.7. The average molecular weight is 320 g/mol. The summed E-state index contributed by atoms with van der Waals surface area (Å²) >= 11 is 0. The summed E-state index contributed by atoms with van der Waals surface area (Å²) in [5, 5.41) is 12.4. The van der Waals surface area contributed by atoms with Crippen molar-refractivity contribution in [1.82, 2.24) is 24.5 Å². The minimum Gasteiger partial charge on any atom is -0.327 e. The molecule has 0 atom stereocenters. The fraction of sp³-hybridized carbons (Fsp3) is 0.118. The SMILES string of the molecule is Cn1nc(-c2ccccc2)cc1Nc1cc(=O)c2cnn(C)c2[nH]1. The van der Waals surface area contributed by atoms with Gasteiger partial charge in [0.25, 0.3) is 0 Å². The highest BCUT2D eigenvalue weighted by Crippen LogP contribution is 2.23. The monoisotopic (exact) mass is 320 g/mol. The van der Waals surface area contributed by atoms with Gasteiger partial charge in [-0.2, -0.15) is 10.2 Å². The molecule has 3 heterocycles. The first-order valence-corrected chi connectivity index (χ1v) is 7.53. The van der Waals surface area contributed by atoms with E-state index in [0.29, 0.717) is 16.9 Å². The third kappa shape index (κ3) is 2.36. The van der Waals surface area contributed by atoms with Crippen LogP contribution in [0.5, 0.6) is 0 Å². The Morgan fingerprint density at radius 3 is 2.67 bits per heavy atom. The van der Waals surface area contributed by atoms with Crippen molar-refractivity contribution in [2.24, 2.45) is 14.1 Å². The van der Waals surface area contributed by atoms with Crippen molar-refractivity contribution >= 4 is 22.7 Å². The van der Waals surface area contributed by atoms with Crippen LogP contribution < -0.4 is 10.7 Å². The molecule has 7 nitrogen and oxygen atoms in total. The molecule has 0 fully saturated rings. The van der Waals surface area contributed by atoms with Gasteiger partial charge in [-0.05, 0) is 0 Å². The smallest absolute Gasteiger partial charge is 0.194 e. The van der Waals surface area contributed by atoms with E-state index in [1.165, 1.54) is 6.07 Å². The highest BCUT2D eigenvalue weighted by molar-refractivity contribution is 5.77.